The second-order valence-electron chi connectivity index (χ2n) is 7.79. The molecule has 164 valence electrons. The zero-order valence-electron chi connectivity index (χ0n) is 17.0. The Morgan fingerprint density at radius 3 is 2.09 bits per heavy atom. The summed E-state index contributed by atoms with van der Waals surface area (Å²) in [7, 11) is 0. The Balaban J connectivity index is 1.49. The van der Waals surface area contributed by atoms with Crippen molar-refractivity contribution in [2.24, 2.45) is 11.7 Å². The van der Waals surface area contributed by atoms with Crippen molar-refractivity contribution in [2.75, 3.05) is 6.61 Å². The number of aliphatic carboxylic acids is 1. The lowest BCUT2D eigenvalue weighted by Crippen LogP contribution is -2.43. The molecule has 0 bridgehead atoms. The van der Waals surface area contributed by atoms with Crippen molar-refractivity contribution in [3.05, 3.63) is 93.5 Å². The van der Waals surface area contributed by atoms with Crippen molar-refractivity contribution >= 4 is 35.1 Å². The van der Waals surface area contributed by atoms with Crippen LogP contribution in [0.4, 0.5) is 0 Å². The summed E-state index contributed by atoms with van der Waals surface area (Å²) in [5.41, 5.74) is 11.1. The summed E-state index contributed by atoms with van der Waals surface area (Å²) in [4.78, 5) is 24.6. The number of ether oxygens (including phenoxy) is 1. The third kappa shape index (κ3) is 4.37. The molecule has 3 aromatic rings. The first-order valence-corrected chi connectivity index (χ1v) is 10.9. The summed E-state index contributed by atoms with van der Waals surface area (Å²) < 4.78 is 5.52. The molecule has 3 aromatic carbocycles. The highest BCUT2D eigenvalue weighted by atomic mass is 35.5. The van der Waals surface area contributed by atoms with E-state index in [-0.39, 0.29) is 18.9 Å². The average Bonchev–Trinajstić information content (AvgIpc) is 3.08. The molecule has 0 radical (unpaired) electrons. The van der Waals surface area contributed by atoms with Crippen LogP contribution < -0.4 is 5.73 Å². The van der Waals surface area contributed by atoms with E-state index in [4.69, 9.17) is 33.7 Å². The quantitative estimate of drug-likeness (QED) is 0.378. The molecule has 32 heavy (non-hydrogen) atoms. The molecule has 2 atom stereocenters. The van der Waals surface area contributed by atoms with Crippen LogP contribution in [0.15, 0.2) is 66.7 Å². The van der Waals surface area contributed by atoms with Gasteiger partial charge in [-0.3, -0.25) is 9.59 Å². The molecule has 1 aliphatic rings. The second kappa shape index (κ2) is 9.33. The number of nitrogens with two attached hydrogens (primary N) is 1. The molecule has 0 amide bonds. The lowest BCUT2D eigenvalue weighted by Gasteiger charge is -2.21. The summed E-state index contributed by atoms with van der Waals surface area (Å²) in [6.07, 6.45) is 0.137. The van der Waals surface area contributed by atoms with Crippen molar-refractivity contribution in [1.82, 2.24) is 0 Å². The van der Waals surface area contributed by atoms with Gasteiger partial charge in [0.15, 0.2) is 5.92 Å². The fraction of sp³-hybridized carbons (Fsp3) is 0.200. The topological polar surface area (TPSA) is 89.6 Å². The van der Waals surface area contributed by atoms with E-state index < -0.39 is 23.9 Å². The first-order valence-electron chi connectivity index (χ1n) is 10.1. The molecule has 0 aliphatic heterocycles. The van der Waals surface area contributed by atoms with Crippen LogP contribution >= 0.6 is 23.2 Å². The van der Waals surface area contributed by atoms with Crippen molar-refractivity contribution in [3.8, 4) is 11.1 Å². The Kier molecular flexibility index (Phi) is 6.51. The van der Waals surface area contributed by atoms with E-state index in [1.165, 1.54) is 0 Å². The van der Waals surface area contributed by atoms with Crippen LogP contribution in [-0.4, -0.2) is 29.7 Å². The highest BCUT2D eigenvalue weighted by molar-refractivity contribution is 6.42. The number of hydrogen-bond donors (Lipinski definition) is 2. The summed E-state index contributed by atoms with van der Waals surface area (Å²) >= 11 is 12.0. The molecule has 0 unspecified atom stereocenters. The summed E-state index contributed by atoms with van der Waals surface area (Å²) in [5, 5.41) is 10.4. The normalized spacial score (nSPS) is 14.3. The molecule has 0 saturated carbocycles. The molecule has 5 nitrogen and oxygen atoms in total. The van der Waals surface area contributed by atoms with E-state index in [2.05, 4.69) is 0 Å². The van der Waals surface area contributed by atoms with Gasteiger partial charge in [-0.05, 0) is 46.4 Å². The van der Waals surface area contributed by atoms with Gasteiger partial charge in [0.25, 0.3) is 0 Å². The Morgan fingerprint density at radius 2 is 1.53 bits per heavy atom. The van der Waals surface area contributed by atoms with Gasteiger partial charge in [-0.15, -0.1) is 0 Å². The largest absolute Gasteiger partial charge is 0.481 e. The lowest BCUT2D eigenvalue weighted by molar-refractivity contribution is -0.159. The molecule has 1 aliphatic carbocycles. The van der Waals surface area contributed by atoms with Gasteiger partial charge < -0.3 is 15.6 Å². The number of esters is 1. The minimum atomic E-state index is -1.50. The SMILES string of the molecule is N[C@@H](Cc1ccc(Cl)c(Cl)c1)[C@@H](C(=O)O)C(=O)OCC1c2ccccc2-c2ccccc21. The van der Waals surface area contributed by atoms with Crippen molar-refractivity contribution in [1.29, 1.82) is 0 Å². The third-order valence-corrected chi connectivity index (χ3v) is 6.50. The van der Waals surface area contributed by atoms with E-state index in [0.29, 0.717) is 15.6 Å². The van der Waals surface area contributed by atoms with E-state index in [1.54, 1.807) is 18.2 Å². The number of fused-ring (bicyclic) bond motifs is 3. The Bertz CT molecular complexity index is 1130. The maximum absolute atomic E-state index is 12.8. The fourth-order valence-electron chi connectivity index (χ4n) is 4.21. The molecule has 0 spiro atoms. The molecule has 7 heteroatoms. The Morgan fingerprint density at radius 1 is 0.938 bits per heavy atom. The molecule has 3 N–H and O–H groups in total. The molecular weight excluding hydrogens is 449 g/mol. The highest BCUT2D eigenvalue weighted by Crippen LogP contribution is 2.44. The number of rotatable bonds is 7. The van der Waals surface area contributed by atoms with Gasteiger partial charge in [-0.2, -0.15) is 0 Å². The minimum absolute atomic E-state index is 0.0378. The van der Waals surface area contributed by atoms with Gasteiger partial charge >= 0.3 is 11.9 Å². The molecule has 4 rings (SSSR count). The first-order chi connectivity index (χ1) is 15.4. The lowest BCUT2D eigenvalue weighted by atomic mass is 9.94. The second-order valence-corrected chi connectivity index (χ2v) is 8.60. The van der Waals surface area contributed by atoms with E-state index in [9.17, 15) is 14.7 Å². The zero-order valence-corrected chi connectivity index (χ0v) is 18.5. The predicted molar refractivity (Wildman–Crippen MR) is 124 cm³/mol. The number of carboxylic acids is 1. The van der Waals surface area contributed by atoms with Crippen LogP contribution in [0.1, 0.15) is 22.6 Å². The van der Waals surface area contributed by atoms with Crippen LogP contribution in [-0.2, 0) is 20.7 Å². The number of halogens is 2. The molecular formula is C25H21Cl2NO4. The monoisotopic (exact) mass is 469 g/mol. The number of hydrogen-bond acceptors (Lipinski definition) is 4. The average molecular weight is 470 g/mol. The van der Waals surface area contributed by atoms with Crippen LogP contribution in [0.5, 0.6) is 0 Å². The van der Waals surface area contributed by atoms with Crippen LogP contribution in [0, 0.1) is 5.92 Å². The summed E-state index contributed by atoms with van der Waals surface area (Å²) in [6, 6.07) is 19.8. The Hall–Kier alpha value is -2.86. The number of benzene rings is 3. The zero-order chi connectivity index (χ0) is 22.8. The summed E-state index contributed by atoms with van der Waals surface area (Å²) in [6.45, 7) is 0.0378. The summed E-state index contributed by atoms with van der Waals surface area (Å²) in [5.74, 6) is -3.84. The first kappa shape index (κ1) is 22.3. The van der Waals surface area contributed by atoms with Crippen molar-refractivity contribution in [2.45, 2.75) is 18.4 Å². The molecule has 0 heterocycles. The smallest absolute Gasteiger partial charge is 0.321 e. The van der Waals surface area contributed by atoms with Crippen LogP contribution in [0.2, 0.25) is 10.0 Å². The van der Waals surface area contributed by atoms with Gasteiger partial charge in [0, 0.05) is 12.0 Å². The minimum Gasteiger partial charge on any atom is -0.481 e. The fourth-order valence-corrected chi connectivity index (χ4v) is 4.53. The van der Waals surface area contributed by atoms with Crippen LogP contribution in [0.25, 0.3) is 11.1 Å². The van der Waals surface area contributed by atoms with Crippen molar-refractivity contribution in [3.63, 3.8) is 0 Å². The highest BCUT2D eigenvalue weighted by Gasteiger charge is 2.36. The van der Waals surface area contributed by atoms with E-state index in [1.807, 2.05) is 48.5 Å². The van der Waals surface area contributed by atoms with Gasteiger partial charge in [-0.1, -0.05) is 77.8 Å². The molecule has 0 aromatic heterocycles. The van der Waals surface area contributed by atoms with Crippen molar-refractivity contribution < 1.29 is 19.4 Å². The van der Waals surface area contributed by atoms with Gasteiger partial charge in [0.05, 0.1) is 10.0 Å². The van der Waals surface area contributed by atoms with Gasteiger partial charge in [-0.25, -0.2) is 0 Å². The van der Waals surface area contributed by atoms with Crippen LogP contribution in [0.3, 0.4) is 0 Å². The maximum Gasteiger partial charge on any atom is 0.321 e. The number of carbonyl (C=O) groups excluding carboxylic acids is 1. The molecule has 0 fully saturated rings. The van der Waals surface area contributed by atoms with E-state index in [0.717, 1.165) is 22.3 Å². The third-order valence-electron chi connectivity index (χ3n) is 5.76. The Labute approximate surface area is 195 Å². The predicted octanol–water partition coefficient (Wildman–Crippen LogP) is 4.92. The van der Waals surface area contributed by atoms with Gasteiger partial charge in [0.1, 0.15) is 6.61 Å². The number of carboxylic acid groups (broad SMARTS) is 1. The molecule has 0 saturated heterocycles. The van der Waals surface area contributed by atoms with Gasteiger partial charge in [0.2, 0.25) is 0 Å². The number of carbonyl (C=O) groups is 2. The maximum atomic E-state index is 12.8. The van der Waals surface area contributed by atoms with E-state index >= 15 is 0 Å². The standard InChI is InChI=1S/C25H21Cl2NO4/c26-20-10-9-14(11-21(20)27)12-22(28)23(24(29)30)25(31)32-13-19-17-7-3-1-5-15(17)16-6-2-4-8-18(16)19/h1-11,19,22-23H,12-13,28H2,(H,29,30)/t22-,23-/m0/s1.